The summed E-state index contributed by atoms with van der Waals surface area (Å²) < 4.78 is 18.5. The topological polar surface area (TPSA) is 106 Å². The number of piperazine rings is 1. The van der Waals surface area contributed by atoms with Crippen molar-refractivity contribution < 1.29 is 19.0 Å². The van der Waals surface area contributed by atoms with E-state index < -0.39 is 0 Å². The molecule has 1 N–H and O–H groups in total. The van der Waals surface area contributed by atoms with Gasteiger partial charge in [0.15, 0.2) is 17.2 Å². The van der Waals surface area contributed by atoms with Gasteiger partial charge < -0.3 is 28.8 Å². The second kappa shape index (κ2) is 9.83. The first-order valence-corrected chi connectivity index (χ1v) is 13.1. The van der Waals surface area contributed by atoms with E-state index in [0.29, 0.717) is 35.5 Å². The summed E-state index contributed by atoms with van der Waals surface area (Å²) in [5.74, 6) is 1.95. The lowest BCUT2D eigenvalue weighted by atomic mass is 10.1. The van der Waals surface area contributed by atoms with Crippen molar-refractivity contribution in [1.29, 1.82) is 0 Å². The van der Waals surface area contributed by atoms with Gasteiger partial charge in [0.25, 0.3) is 0 Å². The third kappa shape index (κ3) is 4.53. The lowest BCUT2D eigenvalue weighted by Gasteiger charge is -2.43. The van der Waals surface area contributed by atoms with Crippen LogP contribution in [-0.4, -0.2) is 89.2 Å². The molecular weight excluding hydrogens is 498 g/mol. The van der Waals surface area contributed by atoms with Gasteiger partial charge in [0.2, 0.25) is 5.88 Å². The molecule has 0 unspecified atom stereocenters. The van der Waals surface area contributed by atoms with Crippen LogP contribution >= 0.6 is 0 Å². The minimum Gasteiger partial charge on any atom is -0.495 e. The maximum Gasteiger partial charge on any atom is 0.217 e. The molecule has 2 fully saturated rings. The van der Waals surface area contributed by atoms with Gasteiger partial charge in [-0.3, -0.25) is 9.69 Å². The number of aromatic nitrogens is 4. The molecule has 1 aromatic carbocycles. The predicted octanol–water partition coefficient (Wildman–Crippen LogP) is 2.57. The summed E-state index contributed by atoms with van der Waals surface area (Å²) in [6, 6.07) is 8.63. The quantitative estimate of drug-likeness (QED) is 0.402. The Morgan fingerprint density at radius 1 is 1.10 bits per heavy atom. The van der Waals surface area contributed by atoms with E-state index in [0.717, 1.165) is 67.6 Å². The van der Waals surface area contributed by atoms with Crippen LogP contribution in [-0.2, 0) is 16.0 Å². The summed E-state index contributed by atoms with van der Waals surface area (Å²) in [5.41, 5.74) is 4.89. The van der Waals surface area contributed by atoms with Crippen LogP contribution in [0.4, 0.5) is 17.2 Å². The zero-order chi connectivity index (χ0) is 26.3. The SMILES string of the molecule is COc1cc(Nc2nc(-c3cnc4c(c3)CC(=O)CO4)cn3ccnc23)ccc1N1CCN(C2COC2)CC1. The van der Waals surface area contributed by atoms with Gasteiger partial charge in [0.05, 0.1) is 37.7 Å². The van der Waals surface area contributed by atoms with E-state index >= 15 is 0 Å². The Labute approximate surface area is 225 Å². The maximum atomic E-state index is 11.9. The van der Waals surface area contributed by atoms with E-state index in [9.17, 15) is 4.79 Å². The van der Waals surface area contributed by atoms with Gasteiger partial charge in [-0.05, 0) is 18.2 Å². The number of hydrogen-bond donors (Lipinski definition) is 1. The average Bonchev–Trinajstić information content (AvgIpc) is 3.41. The number of carbonyl (C=O) groups is 1. The van der Waals surface area contributed by atoms with E-state index in [1.54, 1.807) is 19.5 Å². The molecule has 2 saturated heterocycles. The Bertz CT molecular complexity index is 1540. The van der Waals surface area contributed by atoms with Crippen molar-refractivity contribution >= 4 is 28.6 Å². The van der Waals surface area contributed by atoms with Crippen molar-refractivity contribution in [3.63, 3.8) is 0 Å². The van der Waals surface area contributed by atoms with Crippen LogP contribution in [0.3, 0.4) is 0 Å². The number of fused-ring (bicyclic) bond motifs is 2. The average molecular weight is 528 g/mol. The number of nitrogens with one attached hydrogen (secondary N) is 1. The highest BCUT2D eigenvalue weighted by molar-refractivity contribution is 5.85. The number of ketones is 1. The number of nitrogens with zero attached hydrogens (tertiary/aromatic N) is 6. The molecule has 0 atom stereocenters. The fourth-order valence-electron chi connectivity index (χ4n) is 5.38. The maximum absolute atomic E-state index is 11.9. The first-order valence-electron chi connectivity index (χ1n) is 13.1. The van der Waals surface area contributed by atoms with Crippen molar-refractivity contribution in [3.8, 4) is 22.9 Å². The van der Waals surface area contributed by atoms with Crippen molar-refractivity contribution in [3.05, 3.63) is 54.6 Å². The first kappa shape index (κ1) is 23.9. The standard InChI is InChI=1S/C28H29N7O4/c1-37-25-12-20(2-3-24(25)34-8-6-33(7-9-34)21-15-38-16-21)31-26-27-29-4-5-35(27)14-23(32-26)19-10-18-11-22(36)17-39-28(18)30-13-19/h2-5,10,12-14,21H,6-9,11,15-17H2,1H3,(H,31,32). The number of hydrogen-bond acceptors (Lipinski definition) is 10. The number of carbonyl (C=O) groups excluding carboxylic acids is 1. The van der Waals surface area contributed by atoms with Gasteiger partial charge in [-0.25, -0.2) is 15.0 Å². The Balaban J connectivity index is 1.15. The summed E-state index contributed by atoms with van der Waals surface area (Å²) in [4.78, 5) is 30.6. The number of benzene rings is 1. The summed E-state index contributed by atoms with van der Waals surface area (Å²) >= 11 is 0. The van der Waals surface area contributed by atoms with E-state index in [-0.39, 0.29) is 12.4 Å². The van der Waals surface area contributed by atoms with Gasteiger partial charge in [0, 0.05) is 80.3 Å². The highest BCUT2D eigenvalue weighted by Gasteiger charge is 2.29. The van der Waals surface area contributed by atoms with Crippen LogP contribution in [0.5, 0.6) is 11.6 Å². The third-order valence-electron chi connectivity index (χ3n) is 7.59. The summed E-state index contributed by atoms with van der Waals surface area (Å²) in [6.45, 7) is 5.69. The molecule has 3 aromatic heterocycles. The molecule has 4 aromatic rings. The highest BCUT2D eigenvalue weighted by atomic mass is 16.5. The van der Waals surface area contributed by atoms with Crippen LogP contribution in [0.2, 0.25) is 0 Å². The van der Waals surface area contributed by atoms with Gasteiger partial charge in [-0.1, -0.05) is 0 Å². The second-order valence-corrected chi connectivity index (χ2v) is 10.1. The molecule has 0 spiro atoms. The Kier molecular flexibility index (Phi) is 6.01. The number of ether oxygens (including phenoxy) is 3. The summed E-state index contributed by atoms with van der Waals surface area (Å²) in [6.07, 6.45) is 7.55. The second-order valence-electron chi connectivity index (χ2n) is 10.1. The normalized spacial score (nSPS) is 18.0. The number of anilines is 3. The number of pyridine rings is 1. The van der Waals surface area contributed by atoms with Gasteiger partial charge in [0.1, 0.15) is 12.4 Å². The predicted molar refractivity (Wildman–Crippen MR) is 145 cm³/mol. The largest absolute Gasteiger partial charge is 0.495 e. The lowest BCUT2D eigenvalue weighted by molar-refractivity contribution is -0.121. The smallest absolute Gasteiger partial charge is 0.217 e. The number of rotatable bonds is 6. The lowest BCUT2D eigenvalue weighted by Crippen LogP contribution is -2.56. The molecular formula is C28H29N7O4. The third-order valence-corrected chi connectivity index (χ3v) is 7.59. The molecule has 11 heteroatoms. The van der Waals surface area contributed by atoms with E-state index in [4.69, 9.17) is 19.2 Å². The molecule has 0 saturated carbocycles. The summed E-state index contributed by atoms with van der Waals surface area (Å²) in [7, 11) is 1.70. The Morgan fingerprint density at radius 3 is 2.77 bits per heavy atom. The van der Waals surface area contributed by atoms with Crippen LogP contribution in [0.25, 0.3) is 16.9 Å². The van der Waals surface area contributed by atoms with Crippen LogP contribution in [0.1, 0.15) is 5.56 Å². The molecule has 7 rings (SSSR count). The monoisotopic (exact) mass is 527 g/mol. The van der Waals surface area contributed by atoms with Gasteiger partial charge >= 0.3 is 0 Å². The van der Waals surface area contributed by atoms with E-state index in [2.05, 4.69) is 31.2 Å². The molecule has 11 nitrogen and oxygen atoms in total. The van der Waals surface area contributed by atoms with Gasteiger partial charge in [-0.15, -0.1) is 0 Å². The molecule has 0 bridgehead atoms. The number of imidazole rings is 1. The Morgan fingerprint density at radius 2 is 1.97 bits per heavy atom. The van der Waals surface area contributed by atoms with Crippen molar-refractivity contribution in [1.82, 2.24) is 24.3 Å². The molecule has 3 aliphatic heterocycles. The first-order chi connectivity index (χ1) is 19.1. The van der Waals surface area contributed by atoms with Crippen LogP contribution < -0.4 is 19.7 Å². The van der Waals surface area contributed by atoms with E-state index in [1.165, 1.54) is 0 Å². The van der Waals surface area contributed by atoms with Crippen molar-refractivity contribution in [2.45, 2.75) is 12.5 Å². The molecule has 0 radical (unpaired) electrons. The van der Waals surface area contributed by atoms with Crippen LogP contribution in [0, 0.1) is 0 Å². The van der Waals surface area contributed by atoms with Crippen molar-refractivity contribution in [2.75, 3.05) is 63.3 Å². The minimum atomic E-state index is 0.0362. The highest BCUT2D eigenvalue weighted by Crippen LogP contribution is 2.34. The molecule has 0 aliphatic carbocycles. The molecule has 0 amide bonds. The minimum absolute atomic E-state index is 0.0362. The van der Waals surface area contributed by atoms with E-state index in [1.807, 2.05) is 35.0 Å². The Hall–Kier alpha value is -4.22. The molecule has 3 aliphatic rings. The number of Topliss-reactive ketones (excluding diaryl/α,β-unsaturated/α-hetero) is 1. The summed E-state index contributed by atoms with van der Waals surface area (Å²) in [5, 5.41) is 3.44. The zero-order valence-electron chi connectivity index (χ0n) is 21.7. The molecule has 200 valence electrons. The molecule has 39 heavy (non-hydrogen) atoms. The zero-order valence-corrected chi connectivity index (χ0v) is 21.7. The van der Waals surface area contributed by atoms with Crippen molar-refractivity contribution in [2.24, 2.45) is 0 Å². The number of methoxy groups -OCH3 is 1. The molecule has 6 heterocycles. The van der Waals surface area contributed by atoms with Gasteiger partial charge in [-0.2, -0.15) is 0 Å². The fraction of sp³-hybridized carbons (Fsp3) is 0.357. The van der Waals surface area contributed by atoms with Crippen LogP contribution in [0.15, 0.2) is 49.1 Å². The fourth-order valence-corrected chi connectivity index (χ4v) is 5.38.